The summed E-state index contributed by atoms with van der Waals surface area (Å²) < 4.78 is 1.50. The van der Waals surface area contributed by atoms with Gasteiger partial charge in [0.15, 0.2) is 0 Å². The summed E-state index contributed by atoms with van der Waals surface area (Å²) in [5.41, 5.74) is 5.91. The number of fused-ring (bicyclic) bond motifs is 1. The van der Waals surface area contributed by atoms with Crippen molar-refractivity contribution in [3.63, 3.8) is 0 Å². The molecule has 2 N–H and O–H groups in total. The molecule has 3 aromatic rings. The molecule has 7 heteroatoms. The van der Waals surface area contributed by atoms with Gasteiger partial charge in [-0.3, -0.25) is 25.0 Å². The van der Waals surface area contributed by atoms with E-state index in [2.05, 4.69) is 15.8 Å². The van der Waals surface area contributed by atoms with Crippen LogP contribution in [-0.2, 0) is 11.3 Å². The van der Waals surface area contributed by atoms with E-state index in [1.165, 1.54) is 16.3 Å². The molecule has 1 aromatic heterocycles. The summed E-state index contributed by atoms with van der Waals surface area (Å²) in [6.07, 6.45) is 0. The molecule has 1 unspecified atom stereocenters. The van der Waals surface area contributed by atoms with Crippen LogP contribution in [0.25, 0.3) is 10.9 Å². The Morgan fingerprint density at radius 2 is 1.85 bits per heavy atom. The first-order chi connectivity index (χ1) is 12.6. The molecule has 26 heavy (non-hydrogen) atoms. The third kappa shape index (κ3) is 3.88. The lowest BCUT2D eigenvalue weighted by molar-refractivity contribution is -0.119. The summed E-state index contributed by atoms with van der Waals surface area (Å²) in [6, 6.07) is 16.9. The van der Waals surface area contributed by atoms with E-state index in [-0.39, 0.29) is 16.7 Å². The second-order valence-electron chi connectivity index (χ2n) is 5.69. The molecule has 3 rings (SSSR count). The topological polar surface area (TPSA) is 76.0 Å². The van der Waals surface area contributed by atoms with Gasteiger partial charge in [0.25, 0.3) is 11.5 Å². The third-order valence-corrected chi connectivity index (χ3v) is 5.01. The zero-order valence-electron chi connectivity index (χ0n) is 14.6. The van der Waals surface area contributed by atoms with Crippen molar-refractivity contribution in [2.75, 3.05) is 5.43 Å². The van der Waals surface area contributed by atoms with Gasteiger partial charge >= 0.3 is 0 Å². The number of benzene rings is 2. The number of anilines is 1. The van der Waals surface area contributed by atoms with Gasteiger partial charge in [-0.25, -0.2) is 4.98 Å². The predicted octanol–water partition coefficient (Wildman–Crippen LogP) is 3.04. The molecule has 0 aliphatic carbocycles. The Hall–Kier alpha value is -2.80. The van der Waals surface area contributed by atoms with E-state index in [1.807, 2.05) is 56.3 Å². The number of amides is 1. The highest BCUT2D eigenvalue weighted by Gasteiger charge is 2.15. The van der Waals surface area contributed by atoms with E-state index in [9.17, 15) is 9.59 Å². The number of nitrogens with one attached hydrogen (secondary N) is 2. The molecule has 0 saturated heterocycles. The Morgan fingerprint density at radius 3 is 2.58 bits per heavy atom. The molecule has 6 nitrogen and oxygen atoms in total. The summed E-state index contributed by atoms with van der Waals surface area (Å²) in [5.74, 6) is 0.130. The van der Waals surface area contributed by atoms with Crippen molar-refractivity contribution in [3.05, 3.63) is 65.0 Å². The summed E-state index contributed by atoms with van der Waals surface area (Å²) in [6.45, 7) is 4.14. The fourth-order valence-electron chi connectivity index (χ4n) is 2.53. The molecule has 0 radical (unpaired) electrons. The highest BCUT2D eigenvalue weighted by Crippen LogP contribution is 2.22. The number of hydrazine groups is 1. The summed E-state index contributed by atoms with van der Waals surface area (Å²) >= 11 is 1.46. The Balaban J connectivity index is 1.74. The van der Waals surface area contributed by atoms with Gasteiger partial charge in [0, 0.05) is 11.4 Å². The van der Waals surface area contributed by atoms with Gasteiger partial charge in [-0.15, -0.1) is 11.8 Å². The van der Waals surface area contributed by atoms with E-state index in [0.717, 1.165) is 4.90 Å². The van der Waals surface area contributed by atoms with Crippen LogP contribution in [0.2, 0.25) is 0 Å². The van der Waals surface area contributed by atoms with Gasteiger partial charge in [0.1, 0.15) is 0 Å². The highest BCUT2D eigenvalue weighted by molar-refractivity contribution is 8.00. The molecule has 1 amide bonds. The van der Waals surface area contributed by atoms with Crippen LogP contribution in [0.15, 0.2) is 64.3 Å². The van der Waals surface area contributed by atoms with Crippen molar-refractivity contribution in [1.82, 2.24) is 15.0 Å². The van der Waals surface area contributed by atoms with Gasteiger partial charge in [-0.1, -0.05) is 30.3 Å². The van der Waals surface area contributed by atoms with Crippen LogP contribution in [0, 0.1) is 0 Å². The molecule has 0 aliphatic rings. The molecule has 1 heterocycles. The standard InChI is InChI=1S/C19H20N4O2S/c1-3-23-18(25)15-11-7-8-12-16(15)20-19(23)22-21-17(24)13(2)26-14-9-5-4-6-10-14/h4-13H,3H2,1-2H3,(H,20,22)(H,21,24). The second-order valence-corrected chi connectivity index (χ2v) is 7.10. The minimum Gasteiger partial charge on any atom is -0.277 e. The summed E-state index contributed by atoms with van der Waals surface area (Å²) in [7, 11) is 0. The van der Waals surface area contributed by atoms with Crippen LogP contribution in [-0.4, -0.2) is 20.7 Å². The number of para-hydroxylation sites is 1. The van der Waals surface area contributed by atoms with Crippen molar-refractivity contribution < 1.29 is 4.79 Å². The number of hydrogen-bond acceptors (Lipinski definition) is 5. The first-order valence-electron chi connectivity index (χ1n) is 8.37. The molecule has 0 bridgehead atoms. The third-order valence-electron chi connectivity index (χ3n) is 3.90. The predicted molar refractivity (Wildman–Crippen MR) is 105 cm³/mol. The smallest absolute Gasteiger partial charge is 0.262 e. The zero-order chi connectivity index (χ0) is 18.5. The molecule has 0 spiro atoms. The largest absolute Gasteiger partial charge is 0.277 e. The minimum absolute atomic E-state index is 0.137. The van der Waals surface area contributed by atoms with Gasteiger partial charge < -0.3 is 0 Å². The number of carbonyl (C=O) groups is 1. The number of rotatable bonds is 6. The second kappa shape index (κ2) is 8.05. The monoisotopic (exact) mass is 368 g/mol. The maximum Gasteiger partial charge on any atom is 0.262 e. The van der Waals surface area contributed by atoms with Crippen LogP contribution >= 0.6 is 11.8 Å². The van der Waals surface area contributed by atoms with Crippen LogP contribution in [0.4, 0.5) is 5.95 Å². The molecule has 0 fully saturated rings. The number of hydrogen-bond donors (Lipinski definition) is 2. The maximum atomic E-state index is 12.6. The number of nitrogens with zero attached hydrogens (tertiary/aromatic N) is 2. The average Bonchev–Trinajstić information content (AvgIpc) is 2.67. The lowest BCUT2D eigenvalue weighted by Crippen LogP contribution is -2.38. The fraction of sp³-hybridized carbons (Fsp3) is 0.211. The molecule has 0 saturated carbocycles. The Morgan fingerprint density at radius 1 is 1.15 bits per heavy atom. The van der Waals surface area contributed by atoms with E-state index in [0.29, 0.717) is 23.4 Å². The fourth-order valence-corrected chi connectivity index (χ4v) is 3.42. The Bertz CT molecular complexity index is 972. The quantitative estimate of drug-likeness (QED) is 0.517. The molecule has 0 aliphatic heterocycles. The van der Waals surface area contributed by atoms with Crippen molar-refractivity contribution in [1.29, 1.82) is 0 Å². The van der Waals surface area contributed by atoms with Gasteiger partial charge in [-0.05, 0) is 38.1 Å². The van der Waals surface area contributed by atoms with Gasteiger partial charge in [0.2, 0.25) is 5.95 Å². The SMILES string of the molecule is CCn1c(NNC(=O)C(C)Sc2ccccc2)nc2ccccc2c1=O. The number of carbonyl (C=O) groups excluding carboxylic acids is 1. The van der Waals surface area contributed by atoms with E-state index < -0.39 is 0 Å². The molecule has 134 valence electrons. The minimum atomic E-state index is -0.299. The normalized spacial score (nSPS) is 11.9. The van der Waals surface area contributed by atoms with Crippen LogP contribution < -0.4 is 16.4 Å². The first kappa shape index (κ1) is 18.0. The molecular formula is C19H20N4O2S. The molecular weight excluding hydrogens is 348 g/mol. The Kier molecular flexibility index (Phi) is 5.58. The van der Waals surface area contributed by atoms with Crippen LogP contribution in [0.5, 0.6) is 0 Å². The van der Waals surface area contributed by atoms with Crippen LogP contribution in [0.3, 0.4) is 0 Å². The lowest BCUT2D eigenvalue weighted by Gasteiger charge is -2.16. The zero-order valence-corrected chi connectivity index (χ0v) is 15.4. The number of thioether (sulfide) groups is 1. The van der Waals surface area contributed by atoms with E-state index in [1.54, 1.807) is 12.1 Å². The number of aromatic nitrogens is 2. The maximum absolute atomic E-state index is 12.6. The van der Waals surface area contributed by atoms with Gasteiger partial charge in [0.05, 0.1) is 16.2 Å². The van der Waals surface area contributed by atoms with E-state index in [4.69, 9.17) is 0 Å². The van der Waals surface area contributed by atoms with Crippen LogP contribution in [0.1, 0.15) is 13.8 Å². The summed E-state index contributed by atoms with van der Waals surface area (Å²) in [5, 5.41) is 0.256. The first-order valence-corrected chi connectivity index (χ1v) is 9.25. The molecule has 1 atom stereocenters. The lowest BCUT2D eigenvalue weighted by atomic mass is 10.2. The van der Waals surface area contributed by atoms with Crippen molar-refractivity contribution >= 4 is 34.5 Å². The van der Waals surface area contributed by atoms with E-state index >= 15 is 0 Å². The van der Waals surface area contributed by atoms with Crippen molar-refractivity contribution in [2.24, 2.45) is 0 Å². The molecule has 2 aromatic carbocycles. The summed E-state index contributed by atoms with van der Waals surface area (Å²) in [4.78, 5) is 30.4. The van der Waals surface area contributed by atoms with Gasteiger partial charge in [-0.2, -0.15) is 0 Å². The highest BCUT2D eigenvalue weighted by atomic mass is 32.2. The average molecular weight is 368 g/mol. The van der Waals surface area contributed by atoms with Crippen molar-refractivity contribution in [2.45, 2.75) is 30.5 Å². The van der Waals surface area contributed by atoms with Crippen molar-refractivity contribution in [3.8, 4) is 0 Å². The Labute approximate surface area is 155 Å².